The molecule has 8 heteroatoms. The predicted molar refractivity (Wildman–Crippen MR) is 228 cm³/mol. The van der Waals surface area contributed by atoms with Crippen LogP contribution in [0.3, 0.4) is 0 Å². The number of fused-ring (bicyclic) bond motifs is 4. The first-order chi connectivity index (χ1) is 27.3. The van der Waals surface area contributed by atoms with Crippen LogP contribution in [0.25, 0.3) is 0 Å². The SMILES string of the molecule is Cc1ccc2c(c1)[C@](C)(c1ccc3c(c1)CCC(C)(C)O3)C(=O)N2.Cc1ccc2c(c1)[C@](C)(c1ccc3c(c1)CCC(C)(C)O3)C(=O)N2c1ccc(C)c(C(=O)O)c1. The number of aromatic carboxylic acids is 1. The zero-order valence-corrected chi connectivity index (χ0v) is 34.9. The summed E-state index contributed by atoms with van der Waals surface area (Å²) in [6.07, 6.45) is 3.78. The van der Waals surface area contributed by atoms with Gasteiger partial charge < -0.3 is 19.9 Å². The average molecular weight is 777 g/mol. The van der Waals surface area contributed by atoms with Gasteiger partial charge in [0, 0.05) is 11.4 Å². The highest BCUT2D eigenvalue weighted by Gasteiger charge is 2.50. The normalized spacial score (nSPS) is 21.9. The summed E-state index contributed by atoms with van der Waals surface area (Å²) in [6, 6.07) is 29.6. The maximum Gasteiger partial charge on any atom is 0.336 e. The maximum absolute atomic E-state index is 14.2. The van der Waals surface area contributed by atoms with Crippen LogP contribution in [-0.4, -0.2) is 34.1 Å². The van der Waals surface area contributed by atoms with Crippen LogP contribution < -0.4 is 19.7 Å². The van der Waals surface area contributed by atoms with Crippen LogP contribution in [0.4, 0.5) is 17.1 Å². The summed E-state index contributed by atoms with van der Waals surface area (Å²) in [6.45, 7) is 18.3. The van der Waals surface area contributed by atoms with E-state index in [0.717, 1.165) is 81.9 Å². The van der Waals surface area contributed by atoms with Crippen molar-refractivity contribution >= 4 is 34.8 Å². The molecule has 2 N–H and O–H groups in total. The molecule has 0 spiro atoms. The third kappa shape index (κ3) is 6.43. The van der Waals surface area contributed by atoms with Crippen molar-refractivity contribution in [3.05, 3.63) is 147 Å². The molecular formula is C50H52N2O6. The first-order valence-corrected chi connectivity index (χ1v) is 20.2. The van der Waals surface area contributed by atoms with Crippen molar-refractivity contribution in [3.8, 4) is 11.5 Å². The zero-order chi connectivity index (χ0) is 41.5. The van der Waals surface area contributed by atoms with Gasteiger partial charge in [-0.05, 0) is 163 Å². The Morgan fingerprint density at radius 1 is 0.655 bits per heavy atom. The smallest absolute Gasteiger partial charge is 0.336 e. The Morgan fingerprint density at radius 2 is 1.21 bits per heavy atom. The van der Waals surface area contributed by atoms with Crippen molar-refractivity contribution in [3.63, 3.8) is 0 Å². The lowest BCUT2D eigenvalue weighted by molar-refractivity contribution is -0.121. The van der Waals surface area contributed by atoms with Crippen molar-refractivity contribution in [2.24, 2.45) is 0 Å². The number of rotatable bonds is 4. The molecule has 2 atom stereocenters. The molecule has 0 aromatic heterocycles. The number of hydrogen-bond acceptors (Lipinski definition) is 5. The minimum Gasteiger partial charge on any atom is -0.488 e. The van der Waals surface area contributed by atoms with Crippen molar-refractivity contribution in [1.29, 1.82) is 0 Å². The molecule has 0 bridgehead atoms. The van der Waals surface area contributed by atoms with Gasteiger partial charge in [0.1, 0.15) is 22.7 Å². The molecule has 5 aromatic rings. The Hall–Kier alpha value is -5.89. The zero-order valence-electron chi connectivity index (χ0n) is 34.9. The number of amides is 2. The minimum atomic E-state index is -1.00. The van der Waals surface area contributed by atoms with E-state index in [0.29, 0.717) is 11.3 Å². The van der Waals surface area contributed by atoms with Gasteiger partial charge in [0.25, 0.3) is 0 Å². The summed E-state index contributed by atoms with van der Waals surface area (Å²) in [5.74, 6) is 0.766. The Kier molecular flexibility index (Phi) is 9.14. The van der Waals surface area contributed by atoms with Crippen LogP contribution >= 0.6 is 0 Å². The van der Waals surface area contributed by atoms with Gasteiger partial charge in [-0.1, -0.05) is 65.7 Å². The Labute approximate surface area is 341 Å². The summed E-state index contributed by atoms with van der Waals surface area (Å²) in [5, 5.41) is 12.7. The molecule has 5 aromatic carbocycles. The molecule has 4 heterocycles. The highest BCUT2D eigenvalue weighted by molar-refractivity contribution is 6.15. The number of benzene rings is 5. The van der Waals surface area contributed by atoms with Crippen LogP contribution in [0, 0.1) is 20.8 Å². The number of aryl methyl sites for hydroxylation is 5. The molecule has 0 saturated carbocycles. The van der Waals surface area contributed by atoms with Crippen molar-refractivity contribution in [1.82, 2.24) is 0 Å². The lowest BCUT2D eigenvalue weighted by atomic mass is 9.76. The molecule has 9 rings (SSSR count). The van der Waals surface area contributed by atoms with Crippen molar-refractivity contribution < 1.29 is 29.0 Å². The molecule has 0 aliphatic carbocycles. The largest absolute Gasteiger partial charge is 0.488 e. The number of anilines is 3. The van der Waals surface area contributed by atoms with Crippen molar-refractivity contribution in [2.75, 3.05) is 10.2 Å². The van der Waals surface area contributed by atoms with E-state index in [-0.39, 0.29) is 28.6 Å². The Morgan fingerprint density at radius 3 is 1.79 bits per heavy atom. The van der Waals surface area contributed by atoms with Gasteiger partial charge in [0.05, 0.1) is 22.1 Å². The molecule has 58 heavy (non-hydrogen) atoms. The van der Waals surface area contributed by atoms with E-state index >= 15 is 0 Å². The summed E-state index contributed by atoms with van der Waals surface area (Å²) >= 11 is 0. The number of carbonyl (C=O) groups is 3. The molecule has 0 radical (unpaired) electrons. The number of hydrogen-bond donors (Lipinski definition) is 2. The van der Waals surface area contributed by atoms with E-state index in [1.807, 2.05) is 75.4 Å². The van der Waals surface area contributed by atoms with E-state index in [4.69, 9.17) is 9.47 Å². The maximum atomic E-state index is 14.2. The van der Waals surface area contributed by atoms with Gasteiger partial charge in [-0.3, -0.25) is 14.5 Å². The monoisotopic (exact) mass is 776 g/mol. The molecule has 0 saturated heterocycles. The average Bonchev–Trinajstić information content (AvgIpc) is 3.56. The third-order valence-electron chi connectivity index (χ3n) is 12.7. The van der Waals surface area contributed by atoms with Gasteiger partial charge >= 0.3 is 5.97 Å². The van der Waals surface area contributed by atoms with Gasteiger partial charge in [-0.2, -0.15) is 0 Å². The van der Waals surface area contributed by atoms with Gasteiger partial charge in [0.2, 0.25) is 11.8 Å². The first kappa shape index (κ1) is 39.0. The summed E-state index contributed by atoms with van der Waals surface area (Å²) in [7, 11) is 0. The molecule has 4 aliphatic heterocycles. The second kappa shape index (κ2) is 13.6. The summed E-state index contributed by atoms with van der Waals surface area (Å²) in [5.41, 5.74) is 9.72. The molecule has 2 amide bonds. The fourth-order valence-corrected chi connectivity index (χ4v) is 8.98. The van der Waals surface area contributed by atoms with Crippen LogP contribution in [0.1, 0.15) is 115 Å². The van der Waals surface area contributed by atoms with Crippen LogP contribution in [0.2, 0.25) is 0 Å². The lowest BCUT2D eigenvalue weighted by Gasteiger charge is -2.34. The number of carboxylic acid groups (broad SMARTS) is 1. The number of ether oxygens (including phenoxy) is 2. The molecule has 0 fully saturated rings. The number of carbonyl (C=O) groups excluding carboxylic acids is 2. The lowest BCUT2D eigenvalue weighted by Crippen LogP contribution is -2.37. The van der Waals surface area contributed by atoms with Crippen LogP contribution in [0.5, 0.6) is 11.5 Å². The number of nitrogens with zero attached hydrogens (tertiary/aromatic N) is 1. The van der Waals surface area contributed by atoms with E-state index in [2.05, 4.69) is 64.2 Å². The van der Waals surface area contributed by atoms with Crippen LogP contribution in [0.15, 0.2) is 91.0 Å². The van der Waals surface area contributed by atoms with E-state index in [9.17, 15) is 19.5 Å². The van der Waals surface area contributed by atoms with Gasteiger partial charge in [0.15, 0.2) is 0 Å². The molecule has 8 nitrogen and oxygen atoms in total. The molecule has 4 aliphatic rings. The van der Waals surface area contributed by atoms with E-state index in [1.165, 1.54) is 11.1 Å². The molecular weight excluding hydrogens is 725 g/mol. The molecule has 0 unspecified atom stereocenters. The van der Waals surface area contributed by atoms with Gasteiger partial charge in [-0.15, -0.1) is 0 Å². The number of carboxylic acids is 1. The quantitative estimate of drug-likeness (QED) is 0.188. The molecule has 298 valence electrons. The highest BCUT2D eigenvalue weighted by atomic mass is 16.5. The fraction of sp³-hybridized carbons (Fsp3) is 0.340. The first-order valence-electron chi connectivity index (χ1n) is 20.2. The standard InChI is InChI=1S/C29H29NO4.C21H23NO2/c1-17-6-10-24-23(14-17)29(5,20-8-11-25-19(15-20)12-13-28(3,4)34-25)27(33)30(24)21-9-7-18(2)22(16-21)26(31)32;1-13-5-7-17-16(11-13)21(4,19(23)22-17)15-6-8-18-14(12-15)9-10-20(2,3)24-18/h6-11,14-16H,12-13H2,1-5H3,(H,31,32);5-8,11-12H,9-10H2,1-4H3,(H,22,23)/t29-;21-/m00/s1. The summed E-state index contributed by atoms with van der Waals surface area (Å²) in [4.78, 5) is 40.4. The predicted octanol–water partition coefficient (Wildman–Crippen LogP) is 10.4. The van der Waals surface area contributed by atoms with E-state index in [1.54, 1.807) is 24.0 Å². The van der Waals surface area contributed by atoms with Crippen molar-refractivity contribution in [2.45, 2.75) is 110 Å². The topological polar surface area (TPSA) is 105 Å². The minimum absolute atomic E-state index is 0.0418. The Balaban J connectivity index is 0.000000172. The Bertz CT molecular complexity index is 2550. The van der Waals surface area contributed by atoms with E-state index < -0.39 is 16.8 Å². The second-order valence-electron chi connectivity index (χ2n) is 18.1. The summed E-state index contributed by atoms with van der Waals surface area (Å²) < 4.78 is 12.3. The van der Waals surface area contributed by atoms with Gasteiger partial charge in [-0.25, -0.2) is 4.79 Å². The fourth-order valence-electron chi connectivity index (χ4n) is 8.98. The highest BCUT2D eigenvalue weighted by Crippen LogP contribution is 2.51. The van der Waals surface area contributed by atoms with Crippen LogP contribution in [-0.2, 0) is 33.3 Å². The third-order valence-corrected chi connectivity index (χ3v) is 12.7. The number of nitrogens with one attached hydrogen (secondary N) is 1. The second-order valence-corrected chi connectivity index (χ2v) is 18.1.